The lowest BCUT2D eigenvalue weighted by atomic mass is 9.75. The maximum absolute atomic E-state index is 6.36. The fourth-order valence-corrected chi connectivity index (χ4v) is 6.38. The smallest absolute Gasteiger partial charge is 0.0985 e. The summed E-state index contributed by atoms with van der Waals surface area (Å²) in [5.41, 5.74) is 5.81. The highest BCUT2D eigenvalue weighted by atomic mass is 32.2. The van der Waals surface area contributed by atoms with Crippen LogP contribution in [0.25, 0.3) is 11.1 Å². The number of hydrogen-bond donors (Lipinski definition) is 0. The predicted octanol–water partition coefficient (Wildman–Crippen LogP) is 5.93. The zero-order chi connectivity index (χ0) is 15.3. The van der Waals surface area contributed by atoms with Crippen LogP contribution in [0.15, 0.2) is 48.5 Å². The zero-order valence-electron chi connectivity index (χ0n) is 13.3. The Morgan fingerprint density at radius 3 is 2.09 bits per heavy atom. The second-order valence-electron chi connectivity index (χ2n) is 7.14. The van der Waals surface area contributed by atoms with Crippen molar-refractivity contribution < 1.29 is 4.18 Å². The summed E-state index contributed by atoms with van der Waals surface area (Å²) in [7, 11) is 0. The molecule has 5 rings (SSSR count). The summed E-state index contributed by atoms with van der Waals surface area (Å²) >= 11 is 1.76. The highest BCUT2D eigenvalue weighted by Crippen LogP contribution is 2.65. The van der Waals surface area contributed by atoms with Crippen molar-refractivity contribution in [3.05, 3.63) is 59.7 Å². The SMILES string of the molecule is c1ccc2c(c1)-c1ccccc1C21SO[C@@H]2CCCCCC[C@H]21. The van der Waals surface area contributed by atoms with E-state index in [1.165, 1.54) is 60.8 Å². The van der Waals surface area contributed by atoms with Crippen molar-refractivity contribution in [2.24, 2.45) is 5.92 Å². The maximum atomic E-state index is 6.36. The summed E-state index contributed by atoms with van der Waals surface area (Å²) in [6.07, 6.45) is 8.35. The van der Waals surface area contributed by atoms with Gasteiger partial charge in [0.1, 0.15) is 0 Å². The van der Waals surface area contributed by atoms with Crippen molar-refractivity contribution in [2.45, 2.75) is 49.4 Å². The van der Waals surface area contributed by atoms with Crippen LogP contribution in [0, 0.1) is 5.92 Å². The van der Waals surface area contributed by atoms with Gasteiger partial charge in [0.15, 0.2) is 0 Å². The van der Waals surface area contributed by atoms with Crippen molar-refractivity contribution in [1.29, 1.82) is 0 Å². The van der Waals surface area contributed by atoms with Crippen molar-refractivity contribution >= 4 is 12.0 Å². The normalized spacial score (nSPS) is 27.8. The van der Waals surface area contributed by atoms with E-state index in [9.17, 15) is 0 Å². The highest BCUT2D eigenvalue weighted by molar-refractivity contribution is 7.96. The summed E-state index contributed by atoms with van der Waals surface area (Å²) in [6.45, 7) is 0. The minimum absolute atomic E-state index is 0.0230. The molecule has 2 fully saturated rings. The van der Waals surface area contributed by atoms with E-state index in [2.05, 4.69) is 48.5 Å². The quantitative estimate of drug-likeness (QED) is 0.556. The summed E-state index contributed by atoms with van der Waals surface area (Å²) < 4.78 is 6.38. The number of hydrogen-bond acceptors (Lipinski definition) is 2. The molecule has 2 atom stereocenters. The van der Waals surface area contributed by atoms with Crippen molar-refractivity contribution in [2.75, 3.05) is 0 Å². The van der Waals surface area contributed by atoms with Gasteiger partial charge in [-0.1, -0.05) is 74.2 Å². The van der Waals surface area contributed by atoms with Crippen LogP contribution in [-0.2, 0) is 8.93 Å². The van der Waals surface area contributed by atoms with Gasteiger partial charge in [0.2, 0.25) is 0 Å². The summed E-state index contributed by atoms with van der Waals surface area (Å²) in [6, 6.07) is 18.0. The molecule has 23 heavy (non-hydrogen) atoms. The third-order valence-corrected chi connectivity index (χ3v) is 7.32. The first-order chi connectivity index (χ1) is 11.4. The van der Waals surface area contributed by atoms with Crippen molar-refractivity contribution in [3.8, 4) is 11.1 Å². The molecule has 118 valence electrons. The lowest BCUT2D eigenvalue weighted by Gasteiger charge is -2.33. The van der Waals surface area contributed by atoms with E-state index < -0.39 is 0 Å². The molecule has 3 aliphatic rings. The van der Waals surface area contributed by atoms with Gasteiger partial charge in [0.25, 0.3) is 0 Å². The average Bonchev–Trinajstić information content (AvgIpc) is 3.06. The topological polar surface area (TPSA) is 9.23 Å². The monoisotopic (exact) mass is 322 g/mol. The molecule has 2 aromatic rings. The molecule has 2 heteroatoms. The van der Waals surface area contributed by atoms with E-state index in [-0.39, 0.29) is 4.75 Å². The van der Waals surface area contributed by atoms with Crippen LogP contribution < -0.4 is 0 Å². The molecule has 0 bridgehead atoms. The van der Waals surface area contributed by atoms with Gasteiger partial charge in [0.05, 0.1) is 10.9 Å². The number of rotatable bonds is 0. The van der Waals surface area contributed by atoms with E-state index in [1.807, 2.05) is 0 Å². The second-order valence-corrected chi connectivity index (χ2v) is 8.15. The lowest BCUT2D eigenvalue weighted by Crippen LogP contribution is -2.33. The van der Waals surface area contributed by atoms with Gasteiger partial charge >= 0.3 is 0 Å². The number of fused-ring (bicyclic) bond motifs is 7. The average molecular weight is 322 g/mol. The molecule has 1 saturated heterocycles. The molecule has 1 aliphatic heterocycles. The van der Waals surface area contributed by atoms with Crippen LogP contribution in [0.2, 0.25) is 0 Å². The summed E-state index contributed by atoms with van der Waals surface area (Å²) in [4.78, 5) is 0. The van der Waals surface area contributed by atoms with Gasteiger partial charge in [-0.3, -0.25) is 0 Å². The Bertz CT molecular complexity index is 693. The first kappa shape index (κ1) is 14.1. The highest BCUT2D eigenvalue weighted by Gasteiger charge is 2.57. The standard InChI is InChI=1S/C21H22OS/c1-2-4-14-20-19(13-3-1)21(23-22-20)17-11-7-5-9-15(17)16-10-6-8-12-18(16)21/h5-12,19-20H,1-4,13-14H2/t19-,20-/m1/s1. The van der Waals surface area contributed by atoms with Crippen LogP contribution in [-0.4, -0.2) is 6.10 Å². The van der Waals surface area contributed by atoms with Gasteiger partial charge < -0.3 is 4.18 Å². The molecule has 0 radical (unpaired) electrons. The minimum Gasteiger partial charge on any atom is -0.310 e. The van der Waals surface area contributed by atoms with E-state index in [4.69, 9.17) is 4.18 Å². The molecule has 0 aromatic heterocycles. The second kappa shape index (κ2) is 5.39. The Hall–Kier alpha value is -1.25. The molecule has 1 nitrogen and oxygen atoms in total. The Kier molecular flexibility index (Phi) is 3.31. The third kappa shape index (κ3) is 1.91. The molecule has 0 unspecified atom stereocenters. The minimum atomic E-state index is 0.0230. The van der Waals surface area contributed by atoms with Crippen LogP contribution in [0.4, 0.5) is 0 Å². The molecule has 2 aliphatic carbocycles. The van der Waals surface area contributed by atoms with E-state index in [0.717, 1.165) is 0 Å². The first-order valence-electron chi connectivity index (χ1n) is 8.95. The van der Waals surface area contributed by atoms with Gasteiger partial charge in [0, 0.05) is 18.0 Å². The predicted molar refractivity (Wildman–Crippen MR) is 96.3 cm³/mol. The molecule has 2 aromatic carbocycles. The van der Waals surface area contributed by atoms with Crippen LogP contribution >= 0.6 is 12.0 Å². The Balaban J connectivity index is 1.72. The summed E-state index contributed by atoms with van der Waals surface area (Å²) in [5, 5.41) is 0. The Morgan fingerprint density at radius 1 is 0.783 bits per heavy atom. The van der Waals surface area contributed by atoms with Crippen LogP contribution in [0.1, 0.15) is 49.7 Å². The molecular weight excluding hydrogens is 300 g/mol. The third-order valence-electron chi connectivity index (χ3n) is 5.97. The molecular formula is C21H22OS. The van der Waals surface area contributed by atoms with E-state index in [0.29, 0.717) is 12.0 Å². The molecule has 1 spiro atoms. The fraction of sp³-hybridized carbons (Fsp3) is 0.429. The molecule has 1 heterocycles. The largest absolute Gasteiger partial charge is 0.310 e. The van der Waals surface area contributed by atoms with Gasteiger partial charge in [-0.2, -0.15) is 0 Å². The van der Waals surface area contributed by atoms with E-state index >= 15 is 0 Å². The van der Waals surface area contributed by atoms with Crippen LogP contribution in [0.3, 0.4) is 0 Å². The number of benzene rings is 2. The van der Waals surface area contributed by atoms with E-state index in [1.54, 1.807) is 12.0 Å². The van der Waals surface area contributed by atoms with Crippen molar-refractivity contribution in [3.63, 3.8) is 0 Å². The van der Waals surface area contributed by atoms with Crippen molar-refractivity contribution in [1.82, 2.24) is 0 Å². The van der Waals surface area contributed by atoms with Gasteiger partial charge in [-0.25, -0.2) is 0 Å². The van der Waals surface area contributed by atoms with Gasteiger partial charge in [-0.05, 0) is 35.1 Å². The maximum Gasteiger partial charge on any atom is 0.0985 e. The Morgan fingerprint density at radius 2 is 1.39 bits per heavy atom. The zero-order valence-corrected chi connectivity index (χ0v) is 14.1. The Labute approximate surface area is 142 Å². The first-order valence-corrected chi connectivity index (χ1v) is 9.69. The molecule has 1 saturated carbocycles. The van der Waals surface area contributed by atoms with Crippen LogP contribution in [0.5, 0.6) is 0 Å². The summed E-state index contributed by atoms with van der Waals surface area (Å²) in [5.74, 6) is 0.609. The molecule has 0 N–H and O–H groups in total. The fourth-order valence-electron chi connectivity index (χ4n) is 4.95. The lowest BCUT2D eigenvalue weighted by molar-refractivity contribution is 0.150. The molecule has 0 amide bonds. The van der Waals surface area contributed by atoms with Gasteiger partial charge in [-0.15, -0.1) is 0 Å².